The molecule has 2 rings (SSSR count). The summed E-state index contributed by atoms with van der Waals surface area (Å²) in [5.41, 5.74) is 1.00. The van der Waals surface area contributed by atoms with Crippen molar-refractivity contribution in [2.75, 3.05) is 0 Å². The van der Waals surface area contributed by atoms with Gasteiger partial charge in [-0.25, -0.2) is 0 Å². The van der Waals surface area contributed by atoms with Gasteiger partial charge in [0.1, 0.15) is 5.75 Å². The molecule has 2 nitrogen and oxygen atoms in total. The van der Waals surface area contributed by atoms with Gasteiger partial charge in [0, 0.05) is 10.6 Å². The number of benzene rings is 2. The Hall–Kier alpha value is -1.91. The average molecular weight is 343 g/mol. The lowest BCUT2D eigenvalue weighted by molar-refractivity contribution is -0.0498. The molecular weight excluding hydrogens is 333 g/mol. The fourth-order valence-corrected chi connectivity index (χ4v) is 2.21. The second-order valence-electron chi connectivity index (χ2n) is 4.27. The molecule has 0 saturated heterocycles. The van der Waals surface area contributed by atoms with E-state index in [0.29, 0.717) is 16.1 Å². The third-order valence-corrected chi connectivity index (χ3v) is 3.28. The number of hydrogen-bond donors (Lipinski definition) is 0. The van der Waals surface area contributed by atoms with E-state index < -0.39 is 6.61 Å². The van der Waals surface area contributed by atoms with E-state index >= 15 is 0 Å². The van der Waals surface area contributed by atoms with E-state index in [0.717, 1.165) is 0 Å². The van der Waals surface area contributed by atoms with Crippen molar-refractivity contribution < 1.29 is 18.3 Å². The Balaban J connectivity index is 2.09. The molecule has 0 spiro atoms. The van der Waals surface area contributed by atoms with Crippen molar-refractivity contribution in [3.8, 4) is 5.75 Å². The molecule has 2 aromatic rings. The number of halogens is 4. The first kappa shape index (κ1) is 16.5. The van der Waals surface area contributed by atoms with E-state index in [1.54, 1.807) is 24.3 Å². The molecule has 0 fully saturated rings. The highest BCUT2D eigenvalue weighted by Gasteiger charge is 2.08. The quantitative estimate of drug-likeness (QED) is 0.530. The van der Waals surface area contributed by atoms with E-state index in [9.17, 15) is 13.6 Å². The van der Waals surface area contributed by atoms with Crippen LogP contribution >= 0.6 is 23.2 Å². The van der Waals surface area contributed by atoms with Gasteiger partial charge in [-0.1, -0.05) is 41.4 Å². The van der Waals surface area contributed by atoms with Crippen LogP contribution in [-0.2, 0) is 0 Å². The van der Waals surface area contributed by atoms with Gasteiger partial charge in [-0.2, -0.15) is 8.78 Å². The van der Waals surface area contributed by atoms with Crippen molar-refractivity contribution in [3.05, 3.63) is 69.7 Å². The zero-order valence-corrected chi connectivity index (χ0v) is 12.6. The van der Waals surface area contributed by atoms with Crippen LogP contribution in [0.1, 0.15) is 15.9 Å². The van der Waals surface area contributed by atoms with Gasteiger partial charge in [0.15, 0.2) is 5.78 Å². The maximum absolute atomic E-state index is 12.0. The highest BCUT2D eigenvalue weighted by molar-refractivity contribution is 6.37. The highest BCUT2D eigenvalue weighted by atomic mass is 35.5. The van der Waals surface area contributed by atoms with Gasteiger partial charge in [-0.15, -0.1) is 0 Å². The lowest BCUT2D eigenvalue weighted by Crippen LogP contribution is -2.01. The molecule has 0 amide bonds. The van der Waals surface area contributed by atoms with Crippen LogP contribution in [0.25, 0.3) is 6.08 Å². The summed E-state index contributed by atoms with van der Waals surface area (Å²) in [6, 6.07) is 10.5. The second-order valence-corrected chi connectivity index (χ2v) is 5.11. The summed E-state index contributed by atoms with van der Waals surface area (Å²) in [4.78, 5) is 12.0. The molecule has 22 heavy (non-hydrogen) atoms. The molecule has 0 N–H and O–H groups in total. The first-order valence-corrected chi connectivity index (χ1v) is 6.93. The summed E-state index contributed by atoms with van der Waals surface area (Å²) in [6.07, 6.45) is 2.90. The largest absolute Gasteiger partial charge is 0.435 e. The highest BCUT2D eigenvalue weighted by Crippen LogP contribution is 2.22. The summed E-state index contributed by atoms with van der Waals surface area (Å²) in [5.74, 6) is -0.228. The van der Waals surface area contributed by atoms with Gasteiger partial charge in [-0.05, 0) is 42.0 Å². The van der Waals surface area contributed by atoms with Crippen LogP contribution in [0.2, 0.25) is 10.0 Å². The fraction of sp³-hybridized carbons (Fsp3) is 0.0625. The van der Waals surface area contributed by atoms with Crippen molar-refractivity contribution >= 4 is 35.1 Å². The number of rotatable bonds is 5. The maximum Gasteiger partial charge on any atom is 0.387 e. The monoisotopic (exact) mass is 342 g/mol. The molecule has 0 unspecified atom stereocenters. The summed E-state index contributed by atoms with van der Waals surface area (Å²) in [7, 11) is 0. The predicted octanol–water partition coefficient (Wildman–Crippen LogP) is 5.49. The van der Waals surface area contributed by atoms with Crippen LogP contribution < -0.4 is 4.74 Å². The second kappa shape index (κ2) is 7.38. The van der Waals surface area contributed by atoms with Crippen molar-refractivity contribution in [2.24, 2.45) is 0 Å². The SMILES string of the molecule is O=C(/C=C/c1ccc(OC(F)F)cc1)c1ccc(Cl)cc1Cl. The summed E-state index contributed by atoms with van der Waals surface area (Å²) in [6.45, 7) is -2.87. The molecule has 0 heterocycles. The van der Waals surface area contributed by atoms with E-state index in [1.807, 2.05) is 0 Å². The number of ether oxygens (including phenoxy) is 1. The molecule has 0 aliphatic heterocycles. The topological polar surface area (TPSA) is 26.3 Å². The van der Waals surface area contributed by atoms with Gasteiger partial charge < -0.3 is 4.74 Å². The molecule has 2 aromatic carbocycles. The van der Waals surface area contributed by atoms with Gasteiger partial charge in [0.25, 0.3) is 0 Å². The summed E-state index contributed by atoms with van der Waals surface area (Å²) >= 11 is 11.7. The zero-order chi connectivity index (χ0) is 16.1. The Morgan fingerprint density at radius 1 is 1.09 bits per heavy atom. The smallest absolute Gasteiger partial charge is 0.387 e. The molecular formula is C16H10Cl2F2O2. The normalized spacial score (nSPS) is 11.1. The van der Waals surface area contributed by atoms with Gasteiger partial charge in [0.05, 0.1) is 5.02 Å². The molecule has 0 aromatic heterocycles. The Labute approximate surface area is 135 Å². The third-order valence-electron chi connectivity index (χ3n) is 2.73. The van der Waals surface area contributed by atoms with E-state index in [4.69, 9.17) is 23.2 Å². The number of carbonyl (C=O) groups excluding carboxylic acids is 1. The van der Waals surface area contributed by atoms with Crippen LogP contribution in [0.4, 0.5) is 8.78 Å². The molecule has 114 valence electrons. The molecule has 6 heteroatoms. The minimum Gasteiger partial charge on any atom is -0.435 e. The van der Waals surface area contributed by atoms with Gasteiger partial charge in [0.2, 0.25) is 0 Å². The lowest BCUT2D eigenvalue weighted by atomic mass is 10.1. The van der Waals surface area contributed by atoms with Crippen molar-refractivity contribution in [2.45, 2.75) is 6.61 Å². The van der Waals surface area contributed by atoms with Crippen LogP contribution in [0.5, 0.6) is 5.75 Å². The lowest BCUT2D eigenvalue weighted by Gasteiger charge is -2.04. The Morgan fingerprint density at radius 2 is 1.77 bits per heavy atom. The van der Waals surface area contributed by atoms with Gasteiger partial charge >= 0.3 is 6.61 Å². The first-order valence-electron chi connectivity index (χ1n) is 6.18. The third kappa shape index (κ3) is 4.55. The fourth-order valence-electron chi connectivity index (χ4n) is 1.71. The van der Waals surface area contributed by atoms with E-state index in [1.165, 1.54) is 30.3 Å². The minimum absolute atomic E-state index is 0.0548. The number of allylic oxidation sites excluding steroid dienone is 1. The molecule has 0 aliphatic rings. The predicted molar refractivity (Wildman–Crippen MR) is 82.9 cm³/mol. The molecule has 0 atom stereocenters. The van der Waals surface area contributed by atoms with Crippen LogP contribution in [0.15, 0.2) is 48.5 Å². The Morgan fingerprint density at radius 3 is 2.36 bits per heavy atom. The molecule has 0 saturated carbocycles. The standard InChI is InChI=1S/C16H10Cl2F2O2/c17-11-4-7-13(14(18)9-11)15(21)8-3-10-1-5-12(6-2-10)22-16(19)20/h1-9,16H/b8-3+. The number of ketones is 1. The summed E-state index contributed by atoms with van der Waals surface area (Å²) < 4.78 is 28.3. The zero-order valence-electron chi connectivity index (χ0n) is 11.1. The van der Waals surface area contributed by atoms with Crippen LogP contribution in [0, 0.1) is 0 Å². The molecule has 0 radical (unpaired) electrons. The number of carbonyl (C=O) groups is 1. The van der Waals surface area contributed by atoms with Crippen molar-refractivity contribution in [3.63, 3.8) is 0 Å². The van der Waals surface area contributed by atoms with Gasteiger partial charge in [-0.3, -0.25) is 4.79 Å². The Kier molecular flexibility index (Phi) is 5.52. The maximum atomic E-state index is 12.0. The van der Waals surface area contributed by atoms with Crippen molar-refractivity contribution in [1.82, 2.24) is 0 Å². The first-order chi connectivity index (χ1) is 10.5. The van der Waals surface area contributed by atoms with E-state index in [2.05, 4.69) is 4.74 Å². The molecule has 0 bridgehead atoms. The average Bonchev–Trinajstić information content (AvgIpc) is 2.45. The number of hydrogen-bond acceptors (Lipinski definition) is 2. The minimum atomic E-state index is -2.87. The number of alkyl halides is 2. The summed E-state index contributed by atoms with van der Waals surface area (Å²) in [5, 5.41) is 0.711. The Bertz CT molecular complexity index is 698. The van der Waals surface area contributed by atoms with Crippen LogP contribution in [0.3, 0.4) is 0 Å². The van der Waals surface area contributed by atoms with Crippen molar-refractivity contribution in [1.29, 1.82) is 0 Å². The molecule has 0 aliphatic carbocycles. The van der Waals surface area contributed by atoms with E-state index in [-0.39, 0.29) is 16.6 Å². The van der Waals surface area contributed by atoms with Crippen LogP contribution in [-0.4, -0.2) is 12.4 Å².